The summed E-state index contributed by atoms with van der Waals surface area (Å²) in [5.74, 6) is -0.688. The van der Waals surface area contributed by atoms with Gasteiger partial charge in [0.25, 0.3) is 15.9 Å². The SMILES string of the molecule is Cc1ccc(C(=O)NCc2ccc(F)cc2)cc1N(C)S(=O)(=O)c1ccccc1. The molecule has 150 valence electrons. The van der Waals surface area contributed by atoms with E-state index in [1.54, 1.807) is 55.5 Å². The van der Waals surface area contributed by atoms with Crippen LogP contribution in [0.15, 0.2) is 77.7 Å². The van der Waals surface area contributed by atoms with Gasteiger partial charge in [0.15, 0.2) is 0 Å². The Morgan fingerprint density at radius 3 is 2.31 bits per heavy atom. The average molecular weight is 412 g/mol. The van der Waals surface area contributed by atoms with Crippen LogP contribution in [0.1, 0.15) is 21.5 Å². The molecule has 0 aliphatic rings. The number of hydrogen-bond donors (Lipinski definition) is 1. The smallest absolute Gasteiger partial charge is 0.264 e. The highest BCUT2D eigenvalue weighted by molar-refractivity contribution is 7.92. The highest BCUT2D eigenvalue weighted by Crippen LogP contribution is 2.26. The van der Waals surface area contributed by atoms with Crippen molar-refractivity contribution in [3.8, 4) is 0 Å². The quantitative estimate of drug-likeness (QED) is 0.668. The van der Waals surface area contributed by atoms with Crippen molar-refractivity contribution >= 4 is 21.6 Å². The van der Waals surface area contributed by atoms with Gasteiger partial charge in [-0.3, -0.25) is 9.10 Å². The number of carbonyl (C=O) groups excluding carboxylic acids is 1. The van der Waals surface area contributed by atoms with E-state index in [0.717, 1.165) is 11.1 Å². The molecule has 0 saturated heterocycles. The monoisotopic (exact) mass is 412 g/mol. The van der Waals surface area contributed by atoms with Gasteiger partial charge in [0.05, 0.1) is 10.6 Å². The third kappa shape index (κ3) is 4.63. The fourth-order valence-corrected chi connectivity index (χ4v) is 4.13. The van der Waals surface area contributed by atoms with Gasteiger partial charge in [-0.05, 0) is 54.4 Å². The first kappa shape index (κ1) is 20.5. The lowest BCUT2D eigenvalue weighted by molar-refractivity contribution is 0.0951. The molecule has 1 N–H and O–H groups in total. The second-order valence-electron chi connectivity index (χ2n) is 6.60. The minimum Gasteiger partial charge on any atom is -0.348 e. The van der Waals surface area contributed by atoms with Gasteiger partial charge in [-0.1, -0.05) is 36.4 Å². The van der Waals surface area contributed by atoms with Gasteiger partial charge >= 0.3 is 0 Å². The second-order valence-corrected chi connectivity index (χ2v) is 8.57. The molecule has 0 aromatic heterocycles. The first-order chi connectivity index (χ1) is 13.8. The van der Waals surface area contributed by atoms with Crippen molar-refractivity contribution in [2.45, 2.75) is 18.4 Å². The number of carbonyl (C=O) groups is 1. The van der Waals surface area contributed by atoms with Gasteiger partial charge in [-0.15, -0.1) is 0 Å². The van der Waals surface area contributed by atoms with Crippen molar-refractivity contribution in [2.24, 2.45) is 0 Å². The Morgan fingerprint density at radius 1 is 1.00 bits per heavy atom. The van der Waals surface area contributed by atoms with Gasteiger partial charge in [0.1, 0.15) is 5.82 Å². The molecule has 29 heavy (non-hydrogen) atoms. The molecule has 0 saturated carbocycles. The number of nitrogens with one attached hydrogen (secondary N) is 1. The molecule has 0 spiro atoms. The maximum atomic E-state index is 13.0. The van der Waals surface area contributed by atoms with Gasteiger partial charge in [-0.25, -0.2) is 12.8 Å². The maximum Gasteiger partial charge on any atom is 0.264 e. The molecule has 5 nitrogen and oxygen atoms in total. The van der Waals surface area contributed by atoms with E-state index in [4.69, 9.17) is 0 Å². The molecule has 1 amide bonds. The van der Waals surface area contributed by atoms with E-state index in [1.165, 1.54) is 35.6 Å². The Labute approximate surface area is 169 Å². The van der Waals surface area contributed by atoms with E-state index in [2.05, 4.69) is 5.32 Å². The minimum atomic E-state index is -3.75. The zero-order valence-electron chi connectivity index (χ0n) is 16.1. The van der Waals surface area contributed by atoms with Crippen LogP contribution in [0.3, 0.4) is 0 Å². The molecule has 0 heterocycles. The molecule has 0 atom stereocenters. The summed E-state index contributed by atoms with van der Waals surface area (Å²) >= 11 is 0. The van der Waals surface area contributed by atoms with Gasteiger partial charge in [0.2, 0.25) is 0 Å². The van der Waals surface area contributed by atoms with Crippen LogP contribution in [0.2, 0.25) is 0 Å². The third-order valence-electron chi connectivity index (χ3n) is 4.58. The molecule has 3 aromatic carbocycles. The summed E-state index contributed by atoms with van der Waals surface area (Å²) in [6.07, 6.45) is 0. The topological polar surface area (TPSA) is 66.5 Å². The van der Waals surface area contributed by atoms with Crippen LogP contribution in [-0.2, 0) is 16.6 Å². The third-order valence-corrected chi connectivity index (χ3v) is 6.36. The Bertz CT molecular complexity index is 1110. The van der Waals surface area contributed by atoms with Crippen LogP contribution in [-0.4, -0.2) is 21.4 Å². The summed E-state index contributed by atoms with van der Waals surface area (Å²) in [4.78, 5) is 12.7. The Balaban J connectivity index is 1.82. The van der Waals surface area contributed by atoms with Crippen LogP contribution >= 0.6 is 0 Å². The molecular formula is C22H21FN2O3S. The highest BCUT2D eigenvalue weighted by Gasteiger charge is 2.23. The minimum absolute atomic E-state index is 0.174. The number of nitrogens with zero attached hydrogens (tertiary/aromatic N) is 1. The standard InChI is InChI=1S/C22H21FN2O3S/c1-16-8-11-18(22(26)24-15-17-9-12-19(23)13-10-17)14-21(16)25(2)29(27,28)20-6-4-3-5-7-20/h3-14H,15H2,1-2H3,(H,24,26). The fourth-order valence-electron chi connectivity index (χ4n) is 2.86. The van der Waals surface area contributed by atoms with Crippen molar-refractivity contribution in [3.63, 3.8) is 0 Å². The molecule has 0 fully saturated rings. The zero-order chi connectivity index (χ0) is 21.0. The second kappa shape index (κ2) is 8.45. The normalized spacial score (nSPS) is 11.1. The zero-order valence-corrected chi connectivity index (χ0v) is 16.9. The largest absolute Gasteiger partial charge is 0.348 e. The van der Waals surface area contributed by atoms with Crippen molar-refractivity contribution in [2.75, 3.05) is 11.4 Å². The van der Waals surface area contributed by atoms with Crippen molar-refractivity contribution in [1.82, 2.24) is 5.32 Å². The first-order valence-electron chi connectivity index (χ1n) is 8.96. The maximum absolute atomic E-state index is 13.0. The number of benzene rings is 3. The Hall–Kier alpha value is -3.19. The van der Waals surface area contributed by atoms with Crippen LogP contribution in [0.25, 0.3) is 0 Å². The van der Waals surface area contributed by atoms with E-state index in [1.807, 2.05) is 0 Å². The lowest BCUT2D eigenvalue weighted by Gasteiger charge is -2.22. The van der Waals surface area contributed by atoms with Crippen LogP contribution in [0.4, 0.5) is 10.1 Å². The van der Waals surface area contributed by atoms with E-state index in [9.17, 15) is 17.6 Å². The highest BCUT2D eigenvalue weighted by atomic mass is 32.2. The molecule has 0 radical (unpaired) electrons. The van der Waals surface area contributed by atoms with Crippen LogP contribution in [0.5, 0.6) is 0 Å². The summed E-state index contributed by atoms with van der Waals surface area (Å²) in [5, 5.41) is 2.76. The number of anilines is 1. The van der Waals surface area contributed by atoms with Crippen LogP contribution < -0.4 is 9.62 Å². The Kier molecular flexibility index (Phi) is 5.98. The predicted molar refractivity (Wildman–Crippen MR) is 111 cm³/mol. The fraction of sp³-hybridized carbons (Fsp3) is 0.136. The van der Waals surface area contributed by atoms with E-state index in [-0.39, 0.29) is 23.2 Å². The summed E-state index contributed by atoms with van der Waals surface area (Å²) in [5.41, 5.74) is 2.24. The number of aryl methyl sites for hydroxylation is 1. The number of halogens is 1. The number of sulfonamides is 1. The van der Waals surface area contributed by atoms with Gasteiger partial charge in [-0.2, -0.15) is 0 Å². The summed E-state index contributed by atoms with van der Waals surface area (Å²) in [6, 6.07) is 18.9. The molecule has 0 aliphatic carbocycles. The van der Waals surface area contributed by atoms with Crippen molar-refractivity contribution < 1.29 is 17.6 Å². The predicted octanol–water partition coefficient (Wildman–Crippen LogP) is 3.89. The summed E-state index contributed by atoms with van der Waals surface area (Å²) < 4.78 is 40.0. The lowest BCUT2D eigenvalue weighted by atomic mass is 10.1. The molecule has 0 aliphatic heterocycles. The average Bonchev–Trinajstić information content (AvgIpc) is 2.73. The lowest BCUT2D eigenvalue weighted by Crippen LogP contribution is -2.28. The number of amides is 1. The van der Waals surface area contributed by atoms with E-state index in [0.29, 0.717) is 11.3 Å². The van der Waals surface area contributed by atoms with E-state index >= 15 is 0 Å². The van der Waals surface area contributed by atoms with Crippen molar-refractivity contribution in [3.05, 3.63) is 95.3 Å². The molecule has 0 unspecified atom stereocenters. The van der Waals surface area contributed by atoms with E-state index < -0.39 is 10.0 Å². The number of hydrogen-bond acceptors (Lipinski definition) is 3. The summed E-state index contributed by atoms with van der Waals surface area (Å²) in [7, 11) is -2.29. The molecule has 0 bridgehead atoms. The van der Waals surface area contributed by atoms with Gasteiger partial charge in [0, 0.05) is 19.2 Å². The van der Waals surface area contributed by atoms with Gasteiger partial charge < -0.3 is 5.32 Å². The Morgan fingerprint density at radius 2 is 1.66 bits per heavy atom. The molecule has 3 aromatic rings. The summed E-state index contributed by atoms with van der Waals surface area (Å²) in [6.45, 7) is 2.02. The molecule has 3 rings (SSSR count). The van der Waals surface area contributed by atoms with Crippen LogP contribution in [0, 0.1) is 12.7 Å². The van der Waals surface area contributed by atoms with Crippen molar-refractivity contribution in [1.29, 1.82) is 0 Å². The first-order valence-corrected chi connectivity index (χ1v) is 10.4. The molecular weight excluding hydrogens is 391 g/mol. The number of rotatable bonds is 6. The molecule has 7 heteroatoms.